The lowest BCUT2D eigenvalue weighted by molar-refractivity contribution is 0.0691. The van der Waals surface area contributed by atoms with Crippen LogP contribution in [0, 0.1) is 0 Å². The number of carboxylic acids is 1. The minimum atomic E-state index is -1.44. The summed E-state index contributed by atoms with van der Waals surface area (Å²) in [5, 5.41) is 17.2. The molecule has 0 saturated heterocycles. The van der Waals surface area contributed by atoms with Crippen molar-refractivity contribution in [1.82, 2.24) is 4.98 Å². The van der Waals surface area contributed by atoms with Crippen LogP contribution >= 0.6 is 12.4 Å². The molecular formula is C6H6ClNO4. The number of rotatable bonds is 1. The molecule has 0 aliphatic heterocycles. The van der Waals surface area contributed by atoms with E-state index in [2.05, 4.69) is 4.98 Å². The van der Waals surface area contributed by atoms with Crippen LogP contribution in [0.5, 0.6) is 5.75 Å². The second kappa shape index (κ2) is 3.77. The number of carboxylic acid groups (broad SMARTS) is 1. The van der Waals surface area contributed by atoms with Gasteiger partial charge in [-0.15, -0.1) is 12.4 Å². The molecule has 0 fully saturated rings. The number of pyridine rings is 1. The highest BCUT2D eigenvalue weighted by Gasteiger charge is 2.12. The molecule has 0 aliphatic rings. The number of hydrogen-bond donors (Lipinski definition) is 3. The number of aromatic nitrogens is 1. The second-order valence-electron chi connectivity index (χ2n) is 1.87. The van der Waals surface area contributed by atoms with Gasteiger partial charge in [-0.25, -0.2) is 4.79 Å². The van der Waals surface area contributed by atoms with Crippen molar-refractivity contribution < 1.29 is 15.0 Å². The van der Waals surface area contributed by atoms with E-state index in [0.29, 0.717) is 0 Å². The Kier molecular flexibility index (Phi) is 3.30. The van der Waals surface area contributed by atoms with Gasteiger partial charge in [0.15, 0.2) is 5.56 Å². The molecule has 0 bridgehead atoms. The molecule has 0 radical (unpaired) electrons. The Morgan fingerprint density at radius 3 is 2.42 bits per heavy atom. The molecule has 0 amide bonds. The maximum Gasteiger partial charge on any atom is 0.345 e. The van der Waals surface area contributed by atoms with Gasteiger partial charge in [0.1, 0.15) is 5.75 Å². The first-order valence-corrected chi connectivity index (χ1v) is 2.77. The molecule has 0 spiro atoms. The molecule has 0 atom stereocenters. The molecule has 3 N–H and O–H groups in total. The molecule has 0 unspecified atom stereocenters. The van der Waals surface area contributed by atoms with Gasteiger partial charge in [0.25, 0.3) is 5.56 Å². The molecule has 1 rings (SSSR count). The van der Waals surface area contributed by atoms with Gasteiger partial charge in [-0.2, -0.15) is 0 Å². The van der Waals surface area contributed by atoms with Gasteiger partial charge < -0.3 is 15.2 Å². The monoisotopic (exact) mass is 191 g/mol. The SMILES string of the molecule is Cl.O=C(O)c1c(O)cc[nH]c1=O. The number of aromatic carboxylic acids is 1. The van der Waals surface area contributed by atoms with E-state index in [0.717, 1.165) is 6.07 Å². The smallest absolute Gasteiger partial charge is 0.345 e. The maximum atomic E-state index is 10.7. The van der Waals surface area contributed by atoms with E-state index in [1.54, 1.807) is 0 Å². The fourth-order valence-corrected chi connectivity index (χ4v) is 0.675. The van der Waals surface area contributed by atoms with Crippen LogP contribution in [-0.4, -0.2) is 21.2 Å². The van der Waals surface area contributed by atoms with E-state index in [4.69, 9.17) is 10.2 Å². The van der Waals surface area contributed by atoms with E-state index in [1.807, 2.05) is 0 Å². The van der Waals surface area contributed by atoms with Crippen molar-refractivity contribution in [2.75, 3.05) is 0 Å². The topological polar surface area (TPSA) is 90.4 Å². The molecule has 0 aliphatic carbocycles. The quantitative estimate of drug-likeness (QED) is 0.592. The predicted octanol–water partition coefficient (Wildman–Crippen LogP) is 0.200. The molecule has 1 aromatic heterocycles. The third-order valence-corrected chi connectivity index (χ3v) is 1.15. The van der Waals surface area contributed by atoms with Crippen molar-refractivity contribution in [1.29, 1.82) is 0 Å². The van der Waals surface area contributed by atoms with E-state index in [-0.39, 0.29) is 12.4 Å². The summed E-state index contributed by atoms with van der Waals surface area (Å²) in [5.74, 6) is -1.97. The summed E-state index contributed by atoms with van der Waals surface area (Å²) in [5.41, 5.74) is -1.44. The lowest BCUT2D eigenvalue weighted by Crippen LogP contribution is -2.16. The number of aromatic hydroxyl groups is 1. The summed E-state index contributed by atoms with van der Waals surface area (Å²) in [6.07, 6.45) is 1.17. The van der Waals surface area contributed by atoms with Crippen LogP contribution in [0.3, 0.4) is 0 Å². The van der Waals surface area contributed by atoms with E-state index in [1.165, 1.54) is 6.20 Å². The third-order valence-electron chi connectivity index (χ3n) is 1.15. The number of carbonyl (C=O) groups is 1. The summed E-state index contributed by atoms with van der Waals surface area (Å²) in [4.78, 5) is 23.1. The summed E-state index contributed by atoms with van der Waals surface area (Å²) in [6.45, 7) is 0. The Morgan fingerprint density at radius 2 is 2.08 bits per heavy atom. The van der Waals surface area contributed by atoms with Gasteiger partial charge in [0.05, 0.1) is 0 Å². The van der Waals surface area contributed by atoms with Crippen LogP contribution in [0.15, 0.2) is 17.1 Å². The first kappa shape index (κ1) is 10.5. The Bertz CT molecular complexity index is 346. The molecule has 1 heterocycles. The lowest BCUT2D eigenvalue weighted by Gasteiger charge is -1.94. The Balaban J connectivity index is 0.00000121. The van der Waals surface area contributed by atoms with Crippen LogP contribution in [0.1, 0.15) is 10.4 Å². The molecule has 1 aromatic rings. The molecular weight excluding hydrogens is 186 g/mol. The normalized spacial score (nSPS) is 8.67. The van der Waals surface area contributed by atoms with Gasteiger partial charge in [-0.1, -0.05) is 0 Å². The molecule has 0 aromatic carbocycles. The minimum absolute atomic E-state index is 0. The van der Waals surface area contributed by atoms with Crippen molar-refractivity contribution >= 4 is 18.4 Å². The van der Waals surface area contributed by atoms with Gasteiger partial charge in [-0.05, 0) is 6.07 Å². The van der Waals surface area contributed by atoms with Gasteiger partial charge >= 0.3 is 5.97 Å². The standard InChI is InChI=1S/C6H5NO4.ClH/c8-3-1-2-7-5(9)4(3)6(10)11;/h1-2H,(H,10,11)(H2,7,8,9);1H. The lowest BCUT2D eigenvalue weighted by atomic mass is 10.2. The molecule has 6 heteroatoms. The fraction of sp³-hybridized carbons (Fsp3) is 0. The molecule has 0 saturated carbocycles. The first-order valence-electron chi connectivity index (χ1n) is 2.77. The van der Waals surface area contributed by atoms with E-state index < -0.39 is 22.8 Å². The average molecular weight is 192 g/mol. The fourth-order valence-electron chi connectivity index (χ4n) is 0.675. The molecule has 12 heavy (non-hydrogen) atoms. The van der Waals surface area contributed by atoms with Crippen LogP contribution < -0.4 is 5.56 Å². The van der Waals surface area contributed by atoms with Crippen LogP contribution in [0.2, 0.25) is 0 Å². The van der Waals surface area contributed by atoms with Crippen LogP contribution in [0.4, 0.5) is 0 Å². The van der Waals surface area contributed by atoms with Gasteiger partial charge in [0.2, 0.25) is 0 Å². The van der Waals surface area contributed by atoms with E-state index >= 15 is 0 Å². The van der Waals surface area contributed by atoms with E-state index in [9.17, 15) is 9.59 Å². The Hall–Kier alpha value is -1.49. The summed E-state index contributed by atoms with van der Waals surface area (Å²) in [6, 6.07) is 1.10. The summed E-state index contributed by atoms with van der Waals surface area (Å²) < 4.78 is 0. The minimum Gasteiger partial charge on any atom is -0.507 e. The highest BCUT2D eigenvalue weighted by atomic mass is 35.5. The van der Waals surface area contributed by atoms with Crippen molar-refractivity contribution in [3.05, 3.63) is 28.2 Å². The Morgan fingerprint density at radius 1 is 1.50 bits per heavy atom. The molecule has 66 valence electrons. The zero-order valence-electron chi connectivity index (χ0n) is 5.77. The predicted molar refractivity (Wildman–Crippen MR) is 42.9 cm³/mol. The number of halogens is 1. The van der Waals surface area contributed by atoms with Crippen LogP contribution in [-0.2, 0) is 0 Å². The third kappa shape index (κ3) is 1.76. The van der Waals surface area contributed by atoms with Gasteiger partial charge in [-0.3, -0.25) is 4.79 Å². The second-order valence-corrected chi connectivity index (χ2v) is 1.87. The first-order chi connectivity index (χ1) is 5.13. The number of nitrogens with one attached hydrogen (secondary N) is 1. The zero-order chi connectivity index (χ0) is 8.43. The zero-order valence-corrected chi connectivity index (χ0v) is 6.59. The van der Waals surface area contributed by atoms with Crippen molar-refractivity contribution in [2.45, 2.75) is 0 Å². The number of H-pyrrole nitrogens is 1. The Labute approximate surface area is 73.1 Å². The van der Waals surface area contributed by atoms with Crippen molar-refractivity contribution in [3.63, 3.8) is 0 Å². The van der Waals surface area contributed by atoms with Crippen molar-refractivity contribution in [3.8, 4) is 5.75 Å². The van der Waals surface area contributed by atoms with Crippen molar-refractivity contribution in [2.24, 2.45) is 0 Å². The molecule has 5 nitrogen and oxygen atoms in total. The van der Waals surface area contributed by atoms with Crippen LogP contribution in [0.25, 0.3) is 0 Å². The highest BCUT2D eigenvalue weighted by molar-refractivity contribution is 5.90. The average Bonchev–Trinajstić information content (AvgIpc) is 1.85. The van der Waals surface area contributed by atoms with Gasteiger partial charge in [0, 0.05) is 6.20 Å². The highest BCUT2D eigenvalue weighted by Crippen LogP contribution is 2.08. The number of aromatic amines is 1. The maximum absolute atomic E-state index is 10.7. The summed E-state index contributed by atoms with van der Waals surface area (Å²) in [7, 11) is 0. The largest absolute Gasteiger partial charge is 0.507 e. The summed E-state index contributed by atoms with van der Waals surface area (Å²) >= 11 is 0. The number of hydrogen-bond acceptors (Lipinski definition) is 3.